The summed E-state index contributed by atoms with van der Waals surface area (Å²) in [4.78, 5) is 22.8. The van der Waals surface area contributed by atoms with Gasteiger partial charge in [-0.2, -0.15) is 0 Å². The number of esters is 1. The number of ether oxygens (including phenoxy) is 1. The van der Waals surface area contributed by atoms with E-state index >= 15 is 0 Å². The number of rotatable bonds is 5. The van der Waals surface area contributed by atoms with E-state index in [1.165, 1.54) is 19.1 Å². The van der Waals surface area contributed by atoms with Crippen LogP contribution in [0.1, 0.15) is 36.9 Å². The topological polar surface area (TPSA) is 67.4 Å². The van der Waals surface area contributed by atoms with Crippen molar-refractivity contribution in [1.82, 2.24) is 10.6 Å². The van der Waals surface area contributed by atoms with Gasteiger partial charge in [0.05, 0.1) is 6.04 Å². The predicted molar refractivity (Wildman–Crippen MR) is 94.9 cm³/mol. The van der Waals surface area contributed by atoms with Crippen LogP contribution in [0.15, 0.2) is 48.5 Å². The Kier molecular flexibility index (Phi) is 5.63. The Morgan fingerprint density at radius 3 is 2.73 bits per heavy atom. The first-order valence-electron chi connectivity index (χ1n) is 8.57. The molecule has 2 aromatic rings. The highest BCUT2D eigenvalue weighted by atomic mass is 19.1. The van der Waals surface area contributed by atoms with Crippen LogP contribution in [-0.4, -0.2) is 17.9 Å². The Morgan fingerprint density at radius 2 is 2.04 bits per heavy atom. The number of carbonyl (C=O) groups excluding carboxylic acids is 2. The normalized spacial score (nSPS) is 19.7. The molecule has 1 aliphatic rings. The molecule has 1 aliphatic heterocycles. The van der Waals surface area contributed by atoms with Gasteiger partial charge in [0.1, 0.15) is 11.6 Å². The Morgan fingerprint density at radius 1 is 1.27 bits per heavy atom. The van der Waals surface area contributed by atoms with Crippen molar-refractivity contribution in [2.24, 2.45) is 0 Å². The monoisotopic (exact) mass is 356 g/mol. The zero-order valence-corrected chi connectivity index (χ0v) is 14.5. The summed E-state index contributed by atoms with van der Waals surface area (Å²) < 4.78 is 18.6. The SMILES string of the molecule is CC(=O)Oc1ccc(CN[C@@H]2CCC(=O)N[C@H]2c2cccc(F)c2)cc1. The third-order valence-corrected chi connectivity index (χ3v) is 4.36. The van der Waals surface area contributed by atoms with Crippen LogP contribution in [-0.2, 0) is 16.1 Å². The number of halogens is 1. The summed E-state index contributed by atoms with van der Waals surface area (Å²) in [6, 6.07) is 13.3. The van der Waals surface area contributed by atoms with Crippen molar-refractivity contribution < 1.29 is 18.7 Å². The first kappa shape index (κ1) is 18.1. The van der Waals surface area contributed by atoms with Gasteiger partial charge in [0, 0.05) is 25.9 Å². The molecule has 0 aliphatic carbocycles. The molecule has 0 spiro atoms. The Hall–Kier alpha value is -2.73. The highest BCUT2D eigenvalue weighted by molar-refractivity contribution is 5.77. The zero-order valence-electron chi connectivity index (χ0n) is 14.5. The summed E-state index contributed by atoms with van der Waals surface area (Å²) in [6.07, 6.45) is 1.12. The van der Waals surface area contributed by atoms with Crippen molar-refractivity contribution in [1.29, 1.82) is 0 Å². The summed E-state index contributed by atoms with van der Waals surface area (Å²) in [5.41, 5.74) is 1.77. The molecule has 26 heavy (non-hydrogen) atoms. The van der Waals surface area contributed by atoms with E-state index in [9.17, 15) is 14.0 Å². The van der Waals surface area contributed by atoms with Crippen LogP contribution in [0.2, 0.25) is 0 Å². The lowest BCUT2D eigenvalue weighted by molar-refractivity contribution is -0.132. The number of hydrogen-bond acceptors (Lipinski definition) is 4. The largest absolute Gasteiger partial charge is 0.427 e. The maximum Gasteiger partial charge on any atom is 0.308 e. The van der Waals surface area contributed by atoms with Gasteiger partial charge < -0.3 is 15.4 Å². The predicted octanol–water partition coefficient (Wildman–Crippen LogP) is 2.86. The second-order valence-corrected chi connectivity index (χ2v) is 6.36. The molecule has 0 unspecified atom stereocenters. The highest BCUT2D eigenvalue weighted by Crippen LogP contribution is 2.25. The molecule has 1 heterocycles. The quantitative estimate of drug-likeness (QED) is 0.639. The van der Waals surface area contributed by atoms with Crippen molar-refractivity contribution in [2.75, 3.05) is 0 Å². The van der Waals surface area contributed by atoms with Gasteiger partial charge in [-0.25, -0.2) is 4.39 Å². The molecular weight excluding hydrogens is 335 g/mol. The molecule has 0 radical (unpaired) electrons. The van der Waals surface area contributed by atoms with E-state index < -0.39 is 0 Å². The number of benzene rings is 2. The molecule has 0 aromatic heterocycles. The molecule has 2 N–H and O–H groups in total. The maximum atomic E-state index is 13.6. The second kappa shape index (κ2) is 8.10. The number of carbonyl (C=O) groups is 2. The van der Waals surface area contributed by atoms with Gasteiger partial charge in [-0.15, -0.1) is 0 Å². The van der Waals surface area contributed by atoms with Crippen molar-refractivity contribution in [3.8, 4) is 5.75 Å². The van der Waals surface area contributed by atoms with E-state index in [2.05, 4.69) is 10.6 Å². The summed E-state index contributed by atoms with van der Waals surface area (Å²) in [5.74, 6) is -0.194. The molecule has 6 heteroatoms. The minimum absolute atomic E-state index is 0.00245. The number of amides is 1. The van der Waals surface area contributed by atoms with Crippen molar-refractivity contribution >= 4 is 11.9 Å². The van der Waals surface area contributed by atoms with Crippen LogP contribution in [0.5, 0.6) is 5.75 Å². The Balaban J connectivity index is 1.66. The molecule has 0 bridgehead atoms. The van der Waals surface area contributed by atoms with Gasteiger partial charge in [-0.05, 0) is 41.8 Å². The summed E-state index contributed by atoms with van der Waals surface area (Å²) in [6.45, 7) is 1.95. The van der Waals surface area contributed by atoms with Gasteiger partial charge in [-0.3, -0.25) is 9.59 Å². The second-order valence-electron chi connectivity index (χ2n) is 6.36. The lowest BCUT2D eigenvalue weighted by Crippen LogP contribution is -2.48. The molecule has 2 aromatic carbocycles. The molecule has 0 saturated carbocycles. The van der Waals surface area contributed by atoms with Crippen LogP contribution in [0.4, 0.5) is 4.39 Å². The number of hydrogen-bond donors (Lipinski definition) is 2. The van der Waals surface area contributed by atoms with Crippen molar-refractivity contribution in [2.45, 2.75) is 38.4 Å². The molecule has 1 saturated heterocycles. The lowest BCUT2D eigenvalue weighted by atomic mass is 9.91. The average molecular weight is 356 g/mol. The van der Waals surface area contributed by atoms with Crippen LogP contribution in [0.25, 0.3) is 0 Å². The Labute approximate surface area is 151 Å². The smallest absolute Gasteiger partial charge is 0.308 e. The van der Waals surface area contributed by atoms with Gasteiger partial charge in [0.25, 0.3) is 0 Å². The summed E-state index contributed by atoms with van der Waals surface area (Å²) >= 11 is 0. The minimum atomic E-state index is -0.355. The molecule has 5 nitrogen and oxygen atoms in total. The fourth-order valence-electron chi connectivity index (χ4n) is 3.13. The Bertz CT molecular complexity index is 792. The van der Waals surface area contributed by atoms with E-state index in [4.69, 9.17) is 4.74 Å². The van der Waals surface area contributed by atoms with Crippen molar-refractivity contribution in [3.05, 3.63) is 65.5 Å². The fraction of sp³-hybridized carbons (Fsp3) is 0.300. The van der Waals surface area contributed by atoms with Crippen LogP contribution in [0.3, 0.4) is 0 Å². The summed E-state index contributed by atoms with van der Waals surface area (Å²) in [5, 5.41) is 6.39. The first-order chi connectivity index (χ1) is 12.5. The van der Waals surface area contributed by atoms with E-state index in [0.717, 1.165) is 11.1 Å². The van der Waals surface area contributed by atoms with Gasteiger partial charge in [0.15, 0.2) is 0 Å². The van der Waals surface area contributed by atoms with Crippen molar-refractivity contribution in [3.63, 3.8) is 0 Å². The van der Waals surface area contributed by atoms with Gasteiger partial charge >= 0.3 is 5.97 Å². The molecule has 3 rings (SSSR count). The highest BCUT2D eigenvalue weighted by Gasteiger charge is 2.29. The van der Waals surface area contributed by atoms with E-state index in [1.54, 1.807) is 18.2 Å². The standard InChI is InChI=1S/C20H21FN2O3/c1-13(24)26-17-7-5-14(6-8-17)12-22-18-9-10-19(25)23-20(18)15-3-2-4-16(21)11-15/h2-8,11,18,20,22H,9-10,12H2,1H3,(H,23,25)/t18-,20+/m1/s1. The fourth-order valence-corrected chi connectivity index (χ4v) is 3.13. The molecule has 1 amide bonds. The molecule has 1 fully saturated rings. The number of piperidine rings is 1. The minimum Gasteiger partial charge on any atom is -0.427 e. The van der Waals surface area contributed by atoms with Crippen LogP contribution in [0, 0.1) is 5.82 Å². The third kappa shape index (κ3) is 4.67. The molecule has 2 atom stereocenters. The van der Waals surface area contributed by atoms with E-state index in [0.29, 0.717) is 25.1 Å². The molecular formula is C20H21FN2O3. The van der Waals surface area contributed by atoms with Gasteiger partial charge in [-0.1, -0.05) is 24.3 Å². The maximum absolute atomic E-state index is 13.6. The van der Waals surface area contributed by atoms with Crippen LogP contribution >= 0.6 is 0 Å². The van der Waals surface area contributed by atoms with Gasteiger partial charge in [0.2, 0.25) is 5.91 Å². The zero-order chi connectivity index (χ0) is 18.5. The molecule has 136 valence electrons. The van der Waals surface area contributed by atoms with Crippen LogP contribution < -0.4 is 15.4 Å². The first-order valence-corrected chi connectivity index (χ1v) is 8.57. The van der Waals surface area contributed by atoms with E-state index in [1.807, 2.05) is 18.2 Å². The third-order valence-electron chi connectivity index (χ3n) is 4.36. The average Bonchev–Trinajstić information content (AvgIpc) is 2.61. The lowest BCUT2D eigenvalue weighted by Gasteiger charge is -2.33. The number of nitrogens with one attached hydrogen (secondary N) is 2. The summed E-state index contributed by atoms with van der Waals surface area (Å²) in [7, 11) is 0. The van der Waals surface area contributed by atoms with E-state index in [-0.39, 0.29) is 29.8 Å².